The lowest BCUT2D eigenvalue weighted by molar-refractivity contribution is 1.27. The number of nitrogens with zero attached hydrogens (tertiary/aromatic N) is 1. The van der Waals surface area contributed by atoms with Gasteiger partial charge in [-0.3, -0.25) is 0 Å². The van der Waals surface area contributed by atoms with Gasteiger partial charge in [-0.25, -0.2) is 0 Å². The fourth-order valence-electron chi connectivity index (χ4n) is 4.10. The van der Waals surface area contributed by atoms with Crippen molar-refractivity contribution >= 4 is 40.3 Å². The Morgan fingerprint density at radius 3 is 1.21 bits per heavy atom. The molecule has 0 aliphatic heterocycles. The van der Waals surface area contributed by atoms with Crippen LogP contribution in [-0.4, -0.2) is 0 Å². The topological polar surface area (TPSA) is 3.24 Å². The van der Waals surface area contributed by atoms with Crippen LogP contribution in [0.5, 0.6) is 0 Å². The normalized spacial score (nSPS) is 10.8. The van der Waals surface area contributed by atoms with E-state index in [4.69, 9.17) is 23.2 Å². The average molecular weight is 480 g/mol. The maximum Gasteiger partial charge on any atom is 0.0464 e. The molecule has 0 aliphatic carbocycles. The summed E-state index contributed by atoms with van der Waals surface area (Å²) in [6.45, 7) is 2.12. The SMILES string of the molecule is Cc1cccc(N(c2ccc(-c3ccc(Cl)cc3)cc2)c2ccc(-c3ccc(Cl)cc3)cc2)c1. The van der Waals surface area contributed by atoms with Gasteiger partial charge in [0.25, 0.3) is 0 Å². The van der Waals surface area contributed by atoms with Crippen LogP contribution in [0.1, 0.15) is 5.56 Å². The number of anilines is 3. The van der Waals surface area contributed by atoms with E-state index in [9.17, 15) is 0 Å². The van der Waals surface area contributed by atoms with Crippen molar-refractivity contribution in [3.8, 4) is 22.3 Å². The smallest absolute Gasteiger partial charge is 0.0464 e. The monoisotopic (exact) mass is 479 g/mol. The summed E-state index contributed by atoms with van der Waals surface area (Å²) in [7, 11) is 0. The molecule has 5 aromatic rings. The molecule has 0 aliphatic rings. The van der Waals surface area contributed by atoms with Gasteiger partial charge in [0.05, 0.1) is 0 Å². The van der Waals surface area contributed by atoms with E-state index in [1.54, 1.807) is 0 Å². The van der Waals surface area contributed by atoms with Crippen molar-refractivity contribution < 1.29 is 0 Å². The fourth-order valence-corrected chi connectivity index (χ4v) is 4.36. The zero-order chi connectivity index (χ0) is 23.5. The number of aryl methyl sites for hydroxylation is 1. The van der Waals surface area contributed by atoms with Crippen LogP contribution < -0.4 is 4.90 Å². The Morgan fingerprint density at radius 2 is 0.824 bits per heavy atom. The number of halogens is 2. The molecule has 0 saturated heterocycles. The molecule has 3 heteroatoms. The van der Waals surface area contributed by atoms with Crippen LogP contribution in [0.15, 0.2) is 121 Å². The molecule has 0 aromatic heterocycles. The lowest BCUT2D eigenvalue weighted by atomic mass is 10.0. The number of hydrogen-bond donors (Lipinski definition) is 0. The lowest BCUT2D eigenvalue weighted by Crippen LogP contribution is -2.10. The van der Waals surface area contributed by atoms with Gasteiger partial charge in [0.2, 0.25) is 0 Å². The Hall–Kier alpha value is -3.52. The molecule has 0 amide bonds. The molecule has 0 N–H and O–H groups in total. The van der Waals surface area contributed by atoms with Crippen molar-refractivity contribution in [1.29, 1.82) is 0 Å². The molecule has 0 saturated carbocycles. The fraction of sp³-hybridized carbons (Fsp3) is 0.0323. The van der Waals surface area contributed by atoms with Gasteiger partial charge in [-0.2, -0.15) is 0 Å². The van der Waals surface area contributed by atoms with E-state index in [2.05, 4.69) is 84.6 Å². The van der Waals surface area contributed by atoms with E-state index in [0.717, 1.165) is 49.4 Å². The van der Waals surface area contributed by atoms with Gasteiger partial charge in [0, 0.05) is 27.1 Å². The van der Waals surface area contributed by atoms with Crippen molar-refractivity contribution in [2.75, 3.05) is 4.90 Å². The quantitative estimate of drug-likeness (QED) is 0.242. The highest BCUT2D eigenvalue weighted by Gasteiger charge is 2.13. The molecule has 0 heterocycles. The first-order chi connectivity index (χ1) is 16.6. The van der Waals surface area contributed by atoms with Crippen molar-refractivity contribution in [1.82, 2.24) is 0 Å². The average Bonchev–Trinajstić information content (AvgIpc) is 2.86. The molecule has 5 rings (SSSR count). The molecule has 0 unspecified atom stereocenters. The second-order valence-corrected chi connectivity index (χ2v) is 9.15. The number of benzene rings is 5. The third kappa shape index (κ3) is 4.87. The molecule has 0 radical (unpaired) electrons. The van der Waals surface area contributed by atoms with Crippen LogP contribution >= 0.6 is 23.2 Å². The minimum Gasteiger partial charge on any atom is -0.310 e. The standard InChI is InChI=1S/C31H23Cl2N/c1-22-3-2-4-31(21-22)34(29-17-9-25(10-18-29)23-5-13-27(32)14-6-23)30-19-11-26(12-20-30)24-7-15-28(33)16-8-24/h2-21H,1H3. The summed E-state index contributed by atoms with van der Waals surface area (Å²) in [6, 6.07) is 41.7. The summed E-state index contributed by atoms with van der Waals surface area (Å²) in [5, 5.41) is 1.49. The minimum atomic E-state index is 0.744. The van der Waals surface area contributed by atoms with E-state index in [1.165, 1.54) is 5.56 Å². The zero-order valence-corrected chi connectivity index (χ0v) is 20.3. The lowest BCUT2D eigenvalue weighted by Gasteiger charge is -2.26. The van der Waals surface area contributed by atoms with Gasteiger partial charge in [-0.05, 0) is 95.4 Å². The predicted molar refractivity (Wildman–Crippen MR) is 147 cm³/mol. The number of hydrogen-bond acceptors (Lipinski definition) is 1. The van der Waals surface area contributed by atoms with Crippen LogP contribution in [0, 0.1) is 6.92 Å². The summed E-state index contributed by atoms with van der Waals surface area (Å²) < 4.78 is 0. The summed E-state index contributed by atoms with van der Waals surface area (Å²) >= 11 is 12.1. The molecular formula is C31H23Cl2N. The Balaban J connectivity index is 1.52. The first-order valence-corrected chi connectivity index (χ1v) is 11.9. The molecule has 0 bridgehead atoms. The van der Waals surface area contributed by atoms with Crippen molar-refractivity contribution in [2.24, 2.45) is 0 Å². The molecule has 34 heavy (non-hydrogen) atoms. The van der Waals surface area contributed by atoms with Gasteiger partial charge in [0.1, 0.15) is 0 Å². The highest BCUT2D eigenvalue weighted by Crippen LogP contribution is 2.37. The van der Waals surface area contributed by atoms with Gasteiger partial charge < -0.3 is 4.90 Å². The molecule has 0 spiro atoms. The highest BCUT2D eigenvalue weighted by molar-refractivity contribution is 6.30. The summed E-state index contributed by atoms with van der Waals surface area (Å²) in [6.07, 6.45) is 0. The Kier molecular flexibility index (Phi) is 6.40. The number of rotatable bonds is 5. The van der Waals surface area contributed by atoms with Gasteiger partial charge in [0.15, 0.2) is 0 Å². The second-order valence-electron chi connectivity index (χ2n) is 8.28. The van der Waals surface area contributed by atoms with Gasteiger partial charge in [-0.1, -0.05) is 83.9 Å². The minimum absolute atomic E-state index is 0.744. The van der Waals surface area contributed by atoms with Crippen molar-refractivity contribution in [3.05, 3.63) is 137 Å². The Labute approximate surface area is 210 Å². The molecule has 0 fully saturated rings. The Bertz CT molecular complexity index is 1300. The Morgan fingerprint density at radius 1 is 0.441 bits per heavy atom. The van der Waals surface area contributed by atoms with Crippen LogP contribution in [-0.2, 0) is 0 Å². The maximum absolute atomic E-state index is 6.06. The molecular weight excluding hydrogens is 457 g/mol. The highest BCUT2D eigenvalue weighted by atomic mass is 35.5. The van der Waals surface area contributed by atoms with E-state index in [1.807, 2.05) is 48.5 Å². The zero-order valence-electron chi connectivity index (χ0n) is 18.8. The molecule has 1 nitrogen and oxygen atoms in total. The van der Waals surface area contributed by atoms with Crippen LogP contribution in [0.3, 0.4) is 0 Å². The summed E-state index contributed by atoms with van der Waals surface area (Å²) in [5.41, 5.74) is 9.14. The molecule has 0 atom stereocenters. The first kappa shape index (κ1) is 22.3. The van der Waals surface area contributed by atoms with E-state index in [-0.39, 0.29) is 0 Å². The summed E-state index contributed by atoms with van der Waals surface area (Å²) in [4.78, 5) is 2.28. The second kappa shape index (κ2) is 9.77. The van der Waals surface area contributed by atoms with Gasteiger partial charge >= 0.3 is 0 Å². The van der Waals surface area contributed by atoms with Crippen molar-refractivity contribution in [3.63, 3.8) is 0 Å². The molecule has 5 aromatic carbocycles. The van der Waals surface area contributed by atoms with Crippen LogP contribution in [0.4, 0.5) is 17.1 Å². The third-order valence-corrected chi connectivity index (χ3v) is 6.37. The van der Waals surface area contributed by atoms with E-state index < -0.39 is 0 Å². The molecule has 166 valence electrons. The van der Waals surface area contributed by atoms with Crippen LogP contribution in [0.2, 0.25) is 10.0 Å². The maximum atomic E-state index is 6.06. The van der Waals surface area contributed by atoms with E-state index >= 15 is 0 Å². The van der Waals surface area contributed by atoms with Crippen molar-refractivity contribution in [2.45, 2.75) is 6.92 Å². The van der Waals surface area contributed by atoms with Gasteiger partial charge in [-0.15, -0.1) is 0 Å². The van der Waals surface area contributed by atoms with E-state index in [0.29, 0.717) is 0 Å². The predicted octanol–water partition coefficient (Wildman–Crippen LogP) is 10.1. The third-order valence-electron chi connectivity index (χ3n) is 5.87. The first-order valence-electron chi connectivity index (χ1n) is 11.2. The largest absolute Gasteiger partial charge is 0.310 e. The summed E-state index contributed by atoms with van der Waals surface area (Å²) in [5.74, 6) is 0. The van der Waals surface area contributed by atoms with Crippen LogP contribution in [0.25, 0.3) is 22.3 Å².